The fourth-order valence-corrected chi connectivity index (χ4v) is 3.43. The Morgan fingerprint density at radius 3 is 2.68 bits per heavy atom. The zero-order valence-corrected chi connectivity index (χ0v) is 13.3. The van der Waals surface area contributed by atoms with Crippen molar-refractivity contribution >= 4 is 27.4 Å². The van der Waals surface area contributed by atoms with E-state index in [0.717, 1.165) is 32.2 Å². The first kappa shape index (κ1) is 14.7. The summed E-state index contributed by atoms with van der Waals surface area (Å²) in [5, 5.41) is 9.11. The summed E-state index contributed by atoms with van der Waals surface area (Å²) in [4.78, 5) is 11.8. The van der Waals surface area contributed by atoms with Crippen LogP contribution in [0.15, 0.2) is 36.7 Å². The maximum atomic E-state index is 9.11. The van der Waals surface area contributed by atoms with Gasteiger partial charge in [-0.3, -0.25) is 0 Å². The van der Waals surface area contributed by atoms with Crippen LogP contribution in [-0.2, 0) is 0 Å². The maximum absolute atomic E-state index is 9.11. The number of ether oxygens (including phenoxy) is 1. The second-order valence-corrected chi connectivity index (χ2v) is 5.95. The Hall–Kier alpha value is -2.18. The van der Waals surface area contributed by atoms with E-state index in [1.165, 1.54) is 0 Å². The van der Waals surface area contributed by atoms with Gasteiger partial charge in [-0.15, -0.1) is 11.3 Å². The molecule has 1 aromatic carbocycles. The Balaban J connectivity index is 2.03. The van der Waals surface area contributed by atoms with Crippen LogP contribution in [0.4, 0.5) is 5.82 Å². The maximum Gasteiger partial charge on any atom is 0.149 e. The second kappa shape index (κ2) is 6.29. The molecule has 0 fully saturated rings. The molecule has 5 nitrogen and oxygen atoms in total. The number of rotatable bonds is 5. The van der Waals surface area contributed by atoms with Gasteiger partial charge in [0.15, 0.2) is 0 Å². The average molecular weight is 315 g/mol. The summed E-state index contributed by atoms with van der Waals surface area (Å²) in [7, 11) is 3.58. The van der Waals surface area contributed by atoms with E-state index in [2.05, 4.69) is 16.0 Å². The number of hydrogen-bond acceptors (Lipinski definition) is 6. The highest BCUT2D eigenvalue weighted by Gasteiger charge is 2.13. The van der Waals surface area contributed by atoms with E-state index in [1.807, 2.05) is 36.2 Å². The summed E-state index contributed by atoms with van der Waals surface area (Å²) >= 11 is 1.66. The lowest BCUT2D eigenvalue weighted by atomic mass is 10.2. The third-order valence-electron chi connectivity index (χ3n) is 3.46. The molecule has 3 aromatic rings. The van der Waals surface area contributed by atoms with Crippen molar-refractivity contribution in [2.45, 2.75) is 0 Å². The van der Waals surface area contributed by atoms with Crippen LogP contribution in [0, 0.1) is 0 Å². The predicted octanol–water partition coefficient (Wildman–Crippen LogP) is 2.80. The molecule has 0 atom stereocenters. The summed E-state index contributed by atoms with van der Waals surface area (Å²) in [6.07, 6.45) is 1.57. The van der Waals surface area contributed by atoms with Gasteiger partial charge < -0.3 is 14.7 Å². The molecule has 0 spiro atoms. The minimum Gasteiger partial charge on any atom is -0.497 e. The van der Waals surface area contributed by atoms with Crippen molar-refractivity contribution in [2.24, 2.45) is 0 Å². The van der Waals surface area contributed by atoms with Crippen LogP contribution in [0.1, 0.15) is 0 Å². The third-order valence-corrected chi connectivity index (χ3v) is 4.63. The smallest absolute Gasteiger partial charge is 0.149 e. The Morgan fingerprint density at radius 1 is 1.23 bits per heavy atom. The van der Waals surface area contributed by atoms with E-state index in [1.54, 1.807) is 24.8 Å². The molecule has 2 aromatic heterocycles. The highest BCUT2D eigenvalue weighted by atomic mass is 32.1. The summed E-state index contributed by atoms with van der Waals surface area (Å²) < 4.78 is 6.22. The number of aliphatic hydroxyl groups excluding tert-OH is 1. The van der Waals surface area contributed by atoms with Gasteiger partial charge in [-0.2, -0.15) is 0 Å². The van der Waals surface area contributed by atoms with Gasteiger partial charge in [-0.25, -0.2) is 9.97 Å². The van der Waals surface area contributed by atoms with Gasteiger partial charge in [0.1, 0.15) is 17.9 Å². The molecule has 0 aliphatic heterocycles. The SMILES string of the molecule is COc1ccc(-c2cc3ncnc(N(C)CCO)c3s2)cc1. The fourth-order valence-electron chi connectivity index (χ4n) is 2.27. The molecule has 3 rings (SSSR count). The van der Waals surface area contributed by atoms with Crippen LogP contribution in [0.3, 0.4) is 0 Å². The third kappa shape index (κ3) is 2.75. The average Bonchev–Trinajstić information content (AvgIpc) is 2.99. The minimum absolute atomic E-state index is 0.0959. The van der Waals surface area contributed by atoms with Crippen LogP contribution in [0.5, 0.6) is 5.75 Å². The summed E-state index contributed by atoms with van der Waals surface area (Å²) in [5.74, 6) is 1.69. The van der Waals surface area contributed by atoms with Gasteiger partial charge >= 0.3 is 0 Å². The lowest BCUT2D eigenvalue weighted by molar-refractivity contribution is 0.304. The predicted molar refractivity (Wildman–Crippen MR) is 89.8 cm³/mol. The van der Waals surface area contributed by atoms with Gasteiger partial charge in [-0.05, 0) is 35.9 Å². The van der Waals surface area contributed by atoms with Crippen LogP contribution < -0.4 is 9.64 Å². The molecule has 0 radical (unpaired) electrons. The molecule has 0 saturated carbocycles. The standard InChI is InChI=1S/C16H17N3O2S/c1-19(7-8-20)16-15-13(17-10-18-16)9-14(22-15)11-3-5-12(21-2)6-4-11/h3-6,9-10,20H,7-8H2,1-2H3. The number of nitrogens with zero attached hydrogens (tertiary/aromatic N) is 3. The van der Waals surface area contributed by atoms with Crippen molar-refractivity contribution in [3.8, 4) is 16.2 Å². The lowest BCUT2D eigenvalue weighted by Crippen LogP contribution is -2.22. The molecule has 22 heavy (non-hydrogen) atoms. The Bertz CT molecular complexity index is 771. The van der Waals surface area contributed by atoms with Crippen LogP contribution >= 0.6 is 11.3 Å². The molecular weight excluding hydrogens is 298 g/mol. The van der Waals surface area contributed by atoms with Crippen LogP contribution in [0.2, 0.25) is 0 Å². The molecule has 0 aliphatic rings. The first-order chi connectivity index (χ1) is 10.7. The van der Waals surface area contributed by atoms with Crippen LogP contribution in [0.25, 0.3) is 20.7 Å². The number of thiophene rings is 1. The summed E-state index contributed by atoms with van der Waals surface area (Å²) in [6.45, 7) is 0.639. The monoisotopic (exact) mass is 315 g/mol. The van der Waals surface area contributed by atoms with Crippen molar-refractivity contribution in [3.05, 3.63) is 36.7 Å². The van der Waals surface area contributed by atoms with Crippen molar-refractivity contribution in [1.29, 1.82) is 0 Å². The minimum atomic E-state index is 0.0959. The number of anilines is 1. The molecule has 0 saturated heterocycles. The van der Waals surface area contributed by atoms with E-state index in [0.29, 0.717) is 6.54 Å². The first-order valence-corrected chi connectivity index (χ1v) is 7.75. The Kier molecular flexibility index (Phi) is 4.22. The van der Waals surface area contributed by atoms with E-state index >= 15 is 0 Å². The number of hydrogen-bond donors (Lipinski definition) is 1. The molecule has 0 amide bonds. The first-order valence-electron chi connectivity index (χ1n) is 6.94. The van der Waals surface area contributed by atoms with Gasteiger partial charge in [0.2, 0.25) is 0 Å². The summed E-state index contributed by atoms with van der Waals surface area (Å²) in [6, 6.07) is 10.0. The van der Waals surface area contributed by atoms with E-state index in [-0.39, 0.29) is 6.61 Å². The Morgan fingerprint density at radius 2 is 2.00 bits per heavy atom. The zero-order valence-electron chi connectivity index (χ0n) is 12.5. The van der Waals surface area contributed by atoms with E-state index < -0.39 is 0 Å². The van der Waals surface area contributed by atoms with Gasteiger partial charge in [0.25, 0.3) is 0 Å². The molecule has 0 aliphatic carbocycles. The number of methoxy groups -OCH3 is 1. The molecule has 6 heteroatoms. The number of aliphatic hydroxyl groups is 1. The van der Waals surface area contributed by atoms with Gasteiger partial charge in [0, 0.05) is 18.5 Å². The Labute approximate surface area is 132 Å². The molecule has 0 bridgehead atoms. The summed E-state index contributed by atoms with van der Waals surface area (Å²) in [5.41, 5.74) is 2.05. The largest absolute Gasteiger partial charge is 0.497 e. The number of fused-ring (bicyclic) bond motifs is 1. The number of aromatic nitrogens is 2. The van der Waals surface area contributed by atoms with Crippen molar-refractivity contribution in [1.82, 2.24) is 9.97 Å². The van der Waals surface area contributed by atoms with Gasteiger partial charge in [-0.1, -0.05) is 0 Å². The lowest BCUT2D eigenvalue weighted by Gasteiger charge is -2.16. The molecule has 114 valence electrons. The second-order valence-electron chi connectivity index (χ2n) is 4.90. The fraction of sp³-hybridized carbons (Fsp3) is 0.250. The van der Waals surface area contributed by atoms with Gasteiger partial charge in [0.05, 0.1) is 23.9 Å². The van der Waals surface area contributed by atoms with Crippen molar-refractivity contribution in [2.75, 3.05) is 32.2 Å². The van der Waals surface area contributed by atoms with Crippen molar-refractivity contribution < 1.29 is 9.84 Å². The molecule has 1 N–H and O–H groups in total. The highest BCUT2D eigenvalue weighted by molar-refractivity contribution is 7.22. The molecular formula is C16H17N3O2S. The quantitative estimate of drug-likeness (QED) is 0.784. The zero-order chi connectivity index (χ0) is 15.5. The number of benzene rings is 1. The van der Waals surface area contributed by atoms with E-state index in [4.69, 9.17) is 9.84 Å². The van der Waals surface area contributed by atoms with E-state index in [9.17, 15) is 0 Å². The molecule has 0 unspecified atom stereocenters. The normalized spacial score (nSPS) is 10.9. The van der Waals surface area contributed by atoms with Crippen LogP contribution in [-0.4, -0.2) is 42.4 Å². The molecule has 2 heterocycles. The highest BCUT2D eigenvalue weighted by Crippen LogP contribution is 2.36. The van der Waals surface area contributed by atoms with Crippen molar-refractivity contribution in [3.63, 3.8) is 0 Å². The topological polar surface area (TPSA) is 58.5 Å². The number of likely N-dealkylation sites (N-methyl/N-ethyl adjacent to an activating group) is 1.